The molecule has 2 aromatic heterocycles. The van der Waals surface area contributed by atoms with Gasteiger partial charge in [-0.05, 0) is 43.3 Å². The summed E-state index contributed by atoms with van der Waals surface area (Å²) < 4.78 is 5.68. The fourth-order valence-electron chi connectivity index (χ4n) is 2.62. The number of rotatable bonds is 6. The summed E-state index contributed by atoms with van der Waals surface area (Å²) in [5.41, 5.74) is 5.86. The lowest BCUT2D eigenvalue weighted by Gasteiger charge is -2.08. The number of carbonyl (C=O) groups excluding carboxylic acids is 1. The molecule has 0 aliphatic rings. The van der Waals surface area contributed by atoms with Gasteiger partial charge in [-0.25, -0.2) is 9.97 Å². The summed E-state index contributed by atoms with van der Waals surface area (Å²) in [5.74, 6) is 0.531. The number of aryl methyl sites for hydroxylation is 1. The number of amides is 1. The molecule has 0 bridgehead atoms. The summed E-state index contributed by atoms with van der Waals surface area (Å²) in [7, 11) is 0. The van der Waals surface area contributed by atoms with Gasteiger partial charge in [0.1, 0.15) is 12.4 Å². The van der Waals surface area contributed by atoms with Gasteiger partial charge in [0.25, 0.3) is 5.91 Å². The quantitative estimate of drug-likeness (QED) is 0.464. The fraction of sp³-hybridized carbons (Fsp3) is 0.0952. The number of benzene rings is 2. The fourth-order valence-corrected chi connectivity index (χ4v) is 3.79. The molecule has 2 heterocycles. The Kier molecular flexibility index (Phi) is 5.45. The van der Waals surface area contributed by atoms with E-state index < -0.39 is 0 Å². The maximum Gasteiger partial charge on any atom is 0.255 e. The number of hydrogen-bond donors (Lipinski definition) is 1. The minimum Gasteiger partial charge on any atom is -0.487 e. The van der Waals surface area contributed by atoms with Crippen LogP contribution in [0.4, 0.5) is 5.69 Å². The largest absolute Gasteiger partial charge is 0.487 e. The van der Waals surface area contributed by atoms with Crippen LogP contribution in [0.25, 0.3) is 11.3 Å². The summed E-state index contributed by atoms with van der Waals surface area (Å²) in [6, 6.07) is 14.8. The van der Waals surface area contributed by atoms with Crippen molar-refractivity contribution >= 4 is 34.3 Å². The standard InChI is InChI=1S/C21H17N3O2S2/c1-14-23-20(12-28-14)16-3-2-4-17(9-16)24-21(25)15-5-7-19(8-6-15)26-10-18-11-27-13-22-18/h2-9,11-13H,10H2,1H3,(H,24,25). The Hall–Kier alpha value is -3.03. The molecule has 0 spiro atoms. The van der Waals surface area contributed by atoms with Gasteiger partial charge in [0.2, 0.25) is 0 Å². The second-order valence-corrected chi connectivity index (χ2v) is 7.86. The van der Waals surface area contributed by atoms with Crippen molar-refractivity contribution in [2.45, 2.75) is 13.5 Å². The molecule has 0 aliphatic carbocycles. The van der Waals surface area contributed by atoms with Crippen LogP contribution in [0.5, 0.6) is 5.75 Å². The minimum absolute atomic E-state index is 0.169. The van der Waals surface area contributed by atoms with E-state index in [-0.39, 0.29) is 5.91 Å². The summed E-state index contributed by atoms with van der Waals surface area (Å²) in [5, 5.41) is 7.91. The average Bonchev–Trinajstić information content (AvgIpc) is 3.39. The molecule has 0 fully saturated rings. The predicted octanol–water partition coefficient (Wildman–Crippen LogP) is 5.41. The lowest BCUT2D eigenvalue weighted by Crippen LogP contribution is -2.11. The number of ether oxygens (including phenoxy) is 1. The van der Waals surface area contributed by atoms with Crippen molar-refractivity contribution in [3.05, 3.63) is 81.1 Å². The molecule has 0 saturated carbocycles. The maximum absolute atomic E-state index is 12.5. The van der Waals surface area contributed by atoms with E-state index in [9.17, 15) is 4.79 Å². The van der Waals surface area contributed by atoms with E-state index >= 15 is 0 Å². The molecule has 0 radical (unpaired) electrons. The summed E-state index contributed by atoms with van der Waals surface area (Å²) in [6.45, 7) is 2.39. The van der Waals surface area contributed by atoms with E-state index in [0.29, 0.717) is 17.9 Å². The first-order valence-electron chi connectivity index (χ1n) is 8.61. The molecule has 0 saturated heterocycles. The van der Waals surface area contributed by atoms with Crippen LogP contribution in [0, 0.1) is 6.92 Å². The Labute approximate surface area is 170 Å². The number of aromatic nitrogens is 2. The van der Waals surface area contributed by atoms with Gasteiger partial charge >= 0.3 is 0 Å². The Morgan fingerprint density at radius 3 is 2.71 bits per heavy atom. The minimum atomic E-state index is -0.169. The van der Waals surface area contributed by atoms with Crippen molar-refractivity contribution in [3.63, 3.8) is 0 Å². The van der Waals surface area contributed by atoms with Gasteiger partial charge in [0.05, 0.1) is 21.9 Å². The maximum atomic E-state index is 12.5. The third-order valence-corrected chi connectivity index (χ3v) is 5.43. The zero-order valence-corrected chi connectivity index (χ0v) is 16.7. The van der Waals surface area contributed by atoms with Gasteiger partial charge in [-0.2, -0.15) is 0 Å². The van der Waals surface area contributed by atoms with E-state index in [1.54, 1.807) is 41.1 Å². The number of hydrogen-bond acceptors (Lipinski definition) is 6. The first-order chi connectivity index (χ1) is 13.7. The van der Waals surface area contributed by atoms with E-state index in [1.165, 1.54) is 11.3 Å². The SMILES string of the molecule is Cc1nc(-c2cccc(NC(=O)c3ccc(OCc4cscn4)cc3)c2)cs1. The molecule has 0 unspecified atom stereocenters. The Bertz CT molecular complexity index is 1070. The predicted molar refractivity (Wildman–Crippen MR) is 113 cm³/mol. The summed E-state index contributed by atoms with van der Waals surface area (Å²) in [4.78, 5) is 21.2. The Balaban J connectivity index is 1.40. The van der Waals surface area contributed by atoms with Crippen molar-refractivity contribution < 1.29 is 9.53 Å². The van der Waals surface area contributed by atoms with Crippen molar-refractivity contribution in [2.75, 3.05) is 5.32 Å². The number of carbonyl (C=O) groups is 1. The molecular weight excluding hydrogens is 390 g/mol. The van der Waals surface area contributed by atoms with Gasteiger partial charge in [0.15, 0.2) is 0 Å². The molecule has 1 N–H and O–H groups in total. The van der Waals surface area contributed by atoms with Crippen molar-refractivity contribution in [1.82, 2.24) is 9.97 Å². The molecule has 0 aliphatic heterocycles. The average molecular weight is 408 g/mol. The lowest BCUT2D eigenvalue weighted by atomic mass is 10.1. The number of nitrogens with zero attached hydrogens (tertiary/aromatic N) is 2. The molecule has 1 amide bonds. The van der Waals surface area contributed by atoms with Crippen LogP contribution in [0.3, 0.4) is 0 Å². The van der Waals surface area contributed by atoms with Crippen LogP contribution in [0.2, 0.25) is 0 Å². The van der Waals surface area contributed by atoms with Crippen LogP contribution in [-0.2, 0) is 6.61 Å². The highest BCUT2D eigenvalue weighted by Crippen LogP contribution is 2.24. The molecule has 28 heavy (non-hydrogen) atoms. The normalized spacial score (nSPS) is 10.6. The molecule has 140 valence electrons. The highest BCUT2D eigenvalue weighted by atomic mass is 32.1. The third kappa shape index (κ3) is 4.44. The first-order valence-corrected chi connectivity index (χ1v) is 10.4. The molecule has 5 nitrogen and oxygen atoms in total. The number of anilines is 1. The topological polar surface area (TPSA) is 64.1 Å². The number of thiazole rings is 2. The van der Waals surface area contributed by atoms with Crippen LogP contribution in [0.1, 0.15) is 21.1 Å². The zero-order chi connectivity index (χ0) is 19.3. The molecular formula is C21H17N3O2S2. The Morgan fingerprint density at radius 2 is 2.00 bits per heavy atom. The van der Waals surface area contributed by atoms with Crippen molar-refractivity contribution in [3.8, 4) is 17.0 Å². The molecule has 4 aromatic rings. The van der Waals surface area contributed by atoms with Crippen LogP contribution in [0.15, 0.2) is 64.8 Å². The van der Waals surface area contributed by atoms with E-state index in [2.05, 4.69) is 15.3 Å². The van der Waals surface area contributed by atoms with Gasteiger partial charge in [0, 0.05) is 27.6 Å². The van der Waals surface area contributed by atoms with Crippen LogP contribution in [-0.4, -0.2) is 15.9 Å². The van der Waals surface area contributed by atoms with Gasteiger partial charge in [-0.3, -0.25) is 4.79 Å². The second-order valence-electron chi connectivity index (χ2n) is 6.08. The van der Waals surface area contributed by atoms with Crippen molar-refractivity contribution in [2.24, 2.45) is 0 Å². The summed E-state index contributed by atoms with van der Waals surface area (Å²) >= 11 is 3.14. The second kappa shape index (κ2) is 8.33. The van der Waals surface area contributed by atoms with E-state index in [4.69, 9.17) is 4.74 Å². The molecule has 4 rings (SSSR count). The van der Waals surface area contributed by atoms with E-state index in [0.717, 1.165) is 27.6 Å². The molecule has 0 atom stereocenters. The van der Waals surface area contributed by atoms with Crippen molar-refractivity contribution in [1.29, 1.82) is 0 Å². The highest BCUT2D eigenvalue weighted by molar-refractivity contribution is 7.09. The monoisotopic (exact) mass is 407 g/mol. The highest BCUT2D eigenvalue weighted by Gasteiger charge is 2.09. The first kappa shape index (κ1) is 18.3. The number of nitrogens with one attached hydrogen (secondary N) is 1. The van der Waals surface area contributed by atoms with Gasteiger partial charge in [-0.15, -0.1) is 22.7 Å². The zero-order valence-electron chi connectivity index (χ0n) is 15.1. The van der Waals surface area contributed by atoms with E-state index in [1.807, 2.05) is 41.9 Å². The molecule has 2 aromatic carbocycles. The molecule has 7 heteroatoms. The van der Waals surface area contributed by atoms with Crippen LogP contribution < -0.4 is 10.1 Å². The lowest BCUT2D eigenvalue weighted by molar-refractivity contribution is 0.102. The smallest absolute Gasteiger partial charge is 0.255 e. The van der Waals surface area contributed by atoms with Crippen LogP contribution >= 0.6 is 22.7 Å². The van der Waals surface area contributed by atoms with Gasteiger partial charge in [-0.1, -0.05) is 12.1 Å². The Morgan fingerprint density at radius 1 is 1.14 bits per heavy atom. The van der Waals surface area contributed by atoms with Gasteiger partial charge < -0.3 is 10.1 Å². The third-order valence-electron chi connectivity index (χ3n) is 4.02. The summed E-state index contributed by atoms with van der Waals surface area (Å²) in [6.07, 6.45) is 0.